The molecule has 0 aliphatic rings. The first-order valence-electron chi connectivity index (χ1n) is 6.09. The van der Waals surface area contributed by atoms with Crippen LogP contribution in [0.15, 0.2) is 18.2 Å². The molecule has 0 heterocycles. The molecule has 1 N–H and O–H groups in total. The number of aryl methyl sites for hydroxylation is 2. The molecule has 0 amide bonds. The van der Waals surface area contributed by atoms with Crippen molar-refractivity contribution in [3.63, 3.8) is 0 Å². The molecule has 2 nitrogen and oxygen atoms in total. The molecule has 1 atom stereocenters. The number of benzene rings is 1. The van der Waals surface area contributed by atoms with E-state index in [-0.39, 0.29) is 6.61 Å². The third-order valence-corrected chi connectivity index (χ3v) is 2.80. The normalized spacial score (nSPS) is 13.0. The molecule has 0 bridgehead atoms. The second-order valence-corrected chi connectivity index (χ2v) is 4.54. The lowest BCUT2D eigenvalue weighted by Gasteiger charge is -2.13. The van der Waals surface area contributed by atoms with Gasteiger partial charge in [0.2, 0.25) is 0 Å². The van der Waals surface area contributed by atoms with Crippen LogP contribution in [0.3, 0.4) is 0 Å². The Kier molecular flexibility index (Phi) is 6.22. The van der Waals surface area contributed by atoms with E-state index in [9.17, 15) is 13.9 Å². The third kappa shape index (κ3) is 5.56. The van der Waals surface area contributed by atoms with Crippen molar-refractivity contribution in [3.8, 4) is 0 Å². The van der Waals surface area contributed by atoms with Crippen molar-refractivity contribution < 1.29 is 18.6 Å². The summed E-state index contributed by atoms with van der Waals surface area (Å²) < 4.78 is 28.4. The molecule has 0 aromatic heterocycles. The first kappa shape index (κ1) is 15.1. The minimum Gasteiger partial charge on any atom is -0.393 e. The lowest BCUT2D eigenvalue weighted by Crippen LogP contribution is -2.16. The van der Waals surface area contributed by atoms with Crippen LogP contribution in [-0.2, 0) is 11.2 Å². The smallest absolute Gasteiger partial charge is 0.261 e. The van der Waals surface area contributed by atoms with Gasteiger partial charge in [0.25, 0.3) is 6.43 Å². The van der Waals surface area contributed by atoms with Gasteiger partial charge in [-0.15, -0.1) is 0 Å². The Labute approximate surface area is 107 Å². The average molecular weight is 258 g/mol. The maximum absolute atomic E-state index is 11.8. The minimum absolute atomic E-state index is 0.163. The number of aliphatic hydroxyl groups is 1. The van der Waals surface area contributed by atoms with E-state index in [2.05, 4.69) is 0 Å². The van der Waals surface area contributed by atoms with Gasteiger partial charge >= 0.3 is 0 Å². The van der Waals surface area contributed by atoms with Crippen molar-refractivity contribution in [1.82, 2.24) is 0 Å². The molecule has 1 unspecified atom stereocenters. The Morgan fingerprint density at radius 2 is 2.00 bits per heavy atom. The van der Waals surface area contributed by atoms with Crippen LogP contribution in [0.25, 0.3) is 0 Å². The van der Waals surface area contributed by atoms with E-state index in [1.807, 2.05) is 32.0 Å². The van der Waals surface area contributed by atoms with E-state index < -0.39 is 19.1 Å². The number of halogens is 2. The Morgan fingerprint density at radius 3 is 2.67 bits per heavy atom. The summed E-state index contributed by atoms with van der Waals surface area (Å²) in [5, 5.41) is 9.82. The van der Waals surface area contributed by atoms with E-state index in [1.54, 1.807) is 0 Å². The van der Waals surface area contributed by atoms with Crippen LogP contribution in [0, 0.1) is 13.8 Å². The van der Waals surface area contributed by atoms with Gasteiger partial charge < -0.3 is 9.84 Å². The quantitative estimate of drug-likeness (QED) is 0.762. The maximum Gasteiger partial charge on any atom is 0.261 e. The molecule has 18 heavy (non-hydrogen) atoms. The highest BCUT2D eigenvalue weighted by Gasteiger charge is 2.09. The van der Waals surface area contributed by atoms with Gasteiger partial charge in [-0.2, -0.15) is 0 Å². The van der Waals surface area contributed by atoms with Crippen LogP contribution < -0.4 is 0 Å². The monoisotopic (exact) mass is 258 g/mol. The molecule has 0 saturated carbocycles. The van der Waals surface area contributed by atoms with E-state index >= 15 is 0 Å². The van der Waals surface area contributed by atoms with Gasteiger partial charge in [0, 0.05) is 6.61 Å². The van der Waals surface area contributed by atoms with Gasteiger partial charge in [-0.05, 0) is 37.8 Å². The van der Waals surface area contributed by atoms with Crippen LogP contribution >= 0.6 is 0 Å². The maximum atomic E-state index is 11.8. The first-order valence-corrected chi connectivity index (χ1v) is 6.09. The van der Waals surface area contributed by atoms with Crippen molar-refractivity contribution in [3.05, 3.63) is 34.9 Å². The summed E-state index contributed by atoms with van der Waals surface area (Å²) in [5.41, 5.74) is 3.38. The van der Waals surface area contributed by atoms with Crippen LogP contribution in [0.5, 0.6) is 0 Å². The SMILES string of the molecule is Cc1ccc(C)c(CC(O)CCOCC(F)F)c1. The molecule has 0 aliphatic heterocycles. The molecule has 1 aromatic rings. The molecular formula is C14H20F2O2. The Bertz CT molecular complexity index is 367. The molecule has 1 rings (SSSR count). The van der Waals surface area contributed by atoms with Gasteiger partial charge in [0.05, 0.1) is 6.10 Å². The van der Waals surface area contributed by atoms with Crippen molar-refractivity contribution >= 4 is 0 Å². The zero-order valence-electron chi connectivity index (χ0n) is 10.8. The van der Waals surface area contributed by atoms with Gasteiger partial charge in [-0.25, -0.2) is 8.78 Å². The zero-order chi connectivity index (χ0) is 13.5. The lowest BCUT2D eigenvalue weighted by atomic mass is 9.99. The predicted octanol–water partition coefficient (Wildman–Crippen LogP) is 2.88. The van der Waals surface area contributed by atoms with E-state index in [1.165, 1.54) is 0 Å². The highest BCUT2D eigenvalue weighted by molar-refractivity contribution is 5.30. The van der Waals surface area contributed by atoms with Gasteiger partial charge in [-0.3, -0.25) is 0 Å². The molecule has 4 heteroatoms. The Balaban J connectivity index is 2.35. The summed E-state index contributed by atoms with van der Waals surface area (Å²) >= 11 is 0. The molecule has 1 aromatic carbocycles. The van der Waals surface area contributed by atoms with Crippen molar-refractivity contribution in [2.45, 2.75) is 39.2 Å². The van der Waals surface area contributed by atoms with Crippen LogP contribution in [0.1, 0.15) is 23.1 Å². The number of ether oxygens (including phenoxy) is 1. The second-order valence-electron chi connectivity index (χ2n) is 4.54. The molecular weight excluding hydrogens is 238 g/mol. The highest BCUT2D eigenvalue weighted by Crippen LogP contribution is 2.14. The van der Waals surface area contributed by atoms with Crippen LogP contribution in [-0.4, -0.2) is 30.8 Å². The minimum atomic E-state index is -2.44. The van der Waals surface area contributed by atoms with Gasteiger partial charge in [0.1, 0.15) is 6.61 Å². The first-order chi connectivity index (χ1) is 8.49. The van der Waals surface area contributed by atoms with Gasteiger partial charge in [0.15, 0.2) is 0 Å². The van der Waals surface area contributed by atoms with Crippen LogP contribution in [0.2, 0.25) is 0 Å². The summed E-state index contributed by atoms with van der Waals surface area (Å²) in [4.78, 5) is 0. The average Bonchev–Trinajstić information content (AvgIpc) is 2.29. The largest absolute Gasteiger partial charge is 0.393 e. The number of hydrogen-bond acceptors (Lipinski definition) is 2. The van der Waals surface area contributed by atoms with E-state index in [0.717, 1.165) is 16.7 Å². The topological polar surface area (TPSA) is 29.5 Å². The number of rotatable bonds is 7. The summed E-state index contributed by atoms with van der Waals surface area (Å²) in [6, 6.07) is 6.08. The highest BCUT2D eigenvalue weighted by atomic mass is 19.3. The number of hydrogen-bond donors (Lipinski definition) is 1. The Morgan fingerprint density at radius 1 is 1.28 bits per heavy atom. The van der Waals surface area contributed by atoms with Crippen molar-refractivity contribution in [1.29, 1.82) is 0 Å². The number of aliphatic hydroxyl groups excluding tert-OH is 1. The summed E-state index contributed by atoms with van der Waals surface area (Å²) in [7, 11) is 0. The van der Waals surface area contributed by atoms with Crippen LogP contribution in [0.4, 0.5) is 8.78 Å². The molecule has 0 spiro atoms. The van der Waals surface area contributed by atoms with E-state index in [0.29, 0.717) is 12.8 Å². The summed E-state index contributed by atoms with van der Waals surface area (Å²) in [6.45, 7) is 3.60. The fourth-order valence-corrected chi connectivity index (χ4v) is 1.77. The summed E-state index contributed by atoms with van der Waals surface area (Å²) in [6.07, 6.45) is -2.09. The second kappa shape index (κ2) is 7.44. The predicted molar refractivity (Wildman–Crippen MR) is 67.1 cm³/mol. The molecule has 0 saturated heterocycles. The zero-order valence-corrected chi connectivity index (χ0v) is 10.8. The van der Waals surface area contributed by atoms with Crippen molar-refractivity contribution in [2.75, 3.05) is 13.2 Å². The van der Waals surface area contributed by atoms with E-state index in [4.69, 9.17) is 4.74 Å². The molecule has 102 valence electrons. The summed E-state index contributed by atoms with van der Waals surface area (Å²) in [5.74, 6) is 0. The number of alkyl halides is 2. The Hall–Kier alpha value is -1.00. The fraction of sp³-hybridized carbons (Fsp3) is 0.571. The van der Waals surface area contributed by atoms with Gasteiger partial charge in [-0.1, -0.05) is 23.8 Å². The van der Waals surface area contributed by atoms with Crippen molar-refractivity contribution in [2.24, 2.45) is 0 Å². The standard InChI is InChI=1S/C14H20F2O2/c1-10-3-4-11(2)12(7-10)8-13(17)5-6-18-9-14(15)16/h3-4,7,13-14,17H,5-6,8-9H2,1-2H3. The lowest BCUT2D eigenvalue weighted by molar-refractivity contribution is 0.00511. The third-order valence-electron chi connectivity index (χ3n) is 2.80. The molecule has 0 fully saturated rings. The fourth-order valence-electron chi connectivity index (χ4n) is 1.77. The molecule has 0 aliphatic carbocycles. The molecule has 0 radical (unpaired) electrons.